The monoisotopic (exact) mass is 335 g/mol. The average Bonchev–Trinajstić information content (AvgIpc) is 3.09. The Morgan fingerprint density at radius 2 is 1.57 bits per heavy atom. The molecule has 0 unspecified atom stereocenters. The molecule has 0 spiro atoms. The fraction of sp³-hybridized carbons (Fsp3) is 0.444. The zero-order chi connectivity index (χ0) is 16.7. The van der Waals surface area contributed by atoms with Crippen molar-refractivity contribution in [2.45, 2.75) is 44.4 Å². The molecule has 2 rings (SSSR count). The zero-order valence-electron chi connectivity index (χ0n) is 13.9. The van der Waals surface area contributed by atoms with E-state index in [1.165, 1.54) is 0 Å². The highest BCUT2D eigenvalue weighted by atomic mass is 32.2. The van der Waals surface area contributed by atoms with Crippen LogP contribution in [0.1, 0.15) is 39.5 Å². The molecule has 0 aliphatic heterocycles. The summed E-state index contributed by atoms with van der Waals surface area (Å²) in [6.07, 6.45) is 5.34. The average molecular weight is 335 g/mol. The molecule has 0 bridgehead atoms. The molecule has 1 aromatic heterocycles. The first-order valence-electron chi connectivity index (χ1n) is 8.23. The molecule has 0 saturated heterocycles. The van der Waals surface area contributed by atoms with Crippen LogP contribution in [0.15, 0.2) is 52.0 Å². The molecule has 23 heavy (non-hydrogen) atoms. The Bertz CT molecular complexity index is 668. The molecule has 126 valence electrons. The molecule has 1 heterocycles. The second-order valence-electron chi connectivity index (χ2n) is 5.61. The molecule has 0 saturated carbocycles. The van der Waals surface area contributed by atoms with Crippen LogP contribution in [-0.2, 0) is 10.0 Å². The minimum Gasteiger partial charge on any atom is -0.464 e. The first-order valence-corrected chi connectivity index (χ1v) is 9.67. The van der Waals surface area contributed by atoms with E-state index in [4.69, 9.17) is 4.42 Å². The molecule has 5 heteroatoms. The highest BCUT2D eigenvalue weighted by molar-refractivity contribution is 7.89. The molecule has 0 aliphatic rings. The zero-order valence-corrected chi connectivity index (χ0v) is 14.7. The summed E-state index contributed by atoms with van der Waals surface area (Å²) in [4.78, 5) is 0.347. The van der Waals surface area contributed by atoms with Gasteiger partial charge in [0.1, 0.15) is 5.76 Å². The number of sulfonamides is 1. The Hall–Kier alpha value is -1.59. The third kappa shape index (κ3) is 4.45. The van der Waals surface area contributed by atoms with Crippen molar-refractivity contribution in [1.29, 1.82) is 0 Å². The lowest BCUT2D eigenvalue weighted by molar-refractivity contribution is 0.395. The van der Waals surface area contributed by atoms with Crippen LogP contribution in [0.25, 0.3) is 11.3 Å². The van der Waals surface area contributed by atoms with Gasteiger partial charge in [0.2, 0.25) is 10.0 Å². The topological polar surface area (TPSA) is 50.5 Å². The second kappa shape index (κ2) is 8.31. The van der Waals surface area contributed by atoms with Crippen LogP contribution in [0.5, 0.6) is 0 Å². The molecule has 4 nitrogen and oxygen atoms in total. The highest BCUT2D eigenvalue weighted by Gasteiger charge is 2.23. The van der Waals surface area contributed by atoms with Gasteiger partial charge in [-0.1, -0.05) is 26.7 Å². The van der Waals surface area contributed by atoms with Crippen molar-refractivity contribution in [3.63, 3.8) is 0 Å². The SMILES string of the molecule is CCCCN(CCCC)S(=O)(=O)c1ccc(-c2ccco2)cc1. The molecule has 0 radical (unpaired) electrons. The minimum atomic E-state index is -3.43. The summed E-state index contributed by atoms with van der Waals surface area (Å²) >= 11 is 0. The van der Waals surface area contributed by atoms with E-state index in [2.05, 4.69) is 13.8 Å². The van der Waals surface area contributed by atoms with E-state index >= 15 is 0 Å². The van der Waals surface area contributed by atoms with Crippen molar-refractivity contribution in [3.05, 3.63) is 42.7 Å². The number of unbranched alkanes of at least 4 members (excludes halogenated alkanes) is 2. The van der Waals surface area contributed by atoms with Gasteiger partial charge >= 0.3 is 0 Å². The summed E-state index contributed by atoms with van der Waals surface area (Å²) in [5, 5.41) is 0. The summed E-state index contributed by atoms with van der Waals surface area (Å²) in [5.41, 5.74) is 0.877. The van der Waals surface area contributed by atoms with Crippen LogP contribution in [-0.4, -0.2) is 25.8 Å². The van der Waals surface area contributed by atoms with Crippen LogP contribution in [0, 0.1) is 0 Å². The Morgan fingerprint density at radius 3 is 2.04 bits per heavy atom. The predicted octanol–water partition coefficient (Wildman–Crippen LogP) is 4.54. The second-order valence-corrected chi connectivity index (χ2v) is 7.55. The summed E-state index contributed by atoms with van der Waals surface area (Å²) in [7, 11) is -3.43. The molecule has 1 aromatic carbocycles. The van der Waals surface area contributed by atoms with E-state index < -0.39 is 10.0 Å². The van der Waals surface area contributed by atoms with Crippen LogP contribution >= 0.6 is 0 Å². The standard InChI is InChI=1S/C18H25NO3S/c1-3-5-13-19(14-6-4-2)23(20,21)17-11-9-16(10-12-17)18-8-7-15-22-18/h7-12,15H,3-6,13-14H2,1-2H3. The van der Waals surface area contributed by atoms with Gasteiger partial charge in [-0.25, -0.2) is 8.42 Å². The molecule has 0 atom stereocenters. The lowest BCUT2D eigenvalue weighted by Gasteiger charge is -2.22. The van der Waals surface area contributed by atoms with E-state index in [1.54, 1.807) is 34.8 Å². The van der Waals surface area contributed by atoms with E-state index in [9.17, 15) is 8.42 Å². The summed E-state index contributed by atoms with van der Waals surface area (Å²) in [5.74, 6) is 0.739. The summed E-state index contributed by atoms with van der Waals surface area (Å²) < 4.78 is 32.6. The fourth-order valence-corrected chi connectivity index (χ4v) is 3.92. The molecule has 0 fully saturated rings. The first-order chi connectivity index (χ1) is 11.1. The Kier molecular flexibility index (Phi) is 6.42. The van der Waals surface area contributed by atoms with Gasteiger partial charge in [0.15, 0.2) is 0 Å². The number of nitrogens with zero attached hydrogens (tertiary/aromatic N) is 1. The van der Waals surface area contributed by atoms with Gasteiger partial charge in [-0.3, -0.25) is 0 Å². The quantitative estimate of drug-likeness (QED) is 0.676. The largest absolute Gasteiger partial charge is 0.464 e. The van der Waals surface area contributed by atoms with E-state index in [-0.39, 0.29) is 0 Å². The van der Waals surface area contributed by atoms with Gasteiger partial charge in [-0.05, 0) is 49.2 Å². The minimum absolute atomic E-state index is 0.347. The normalized spacial score (nSPS) is 12.0. The molecular weight excluding hydrogens is 310 g/mol. The van der Waals surface area contributed by atoms with Gasteiger partial charge < -0.3 is 4.42 Å². The van der Waals surface area contributed by atoms with Crippen LogP contribution in [0.4, 0.5) is 0 Å². The number of furan rings is 1. The maximum absolute atomic E-state index is 12.8. The van der Waals surface area contributed by atoms with Crippen molar-refractivity contribution >= 4 is 10.0 Å². The molecule has 0 amide bonds. The molecular formula is C18H25NO3S. The Morgan fingerprint density at radius 1 is 0.957 bits per heavy atom. The smallest absolute Gasteiger partial charge is 0.243 e. The van der Waals surface area contributed by atoms with Gasteiger partial charge in [-0.2, -0.15) is 4.31 Å². The molecule has 0 N–H and O–H groups in total. The van der Waals surface area contributed by atoms with Crippen LogP contribution in [0.2, 0.25) is 0 Å². The van der Waals surface area contributed by atoms with Gasteiger partial charge in [0.05, 0.1) is 11.2 Å². The number of hydrogen-bond donors (Lipinski definition) is 0. The predicted molar refractivity (Wildman–Crippen MR) is 92.7 cm³/mol. The number of hydrogen-bond acceptors (Lipinski definition) is 3. The van der Waals surface area contributed by atoms with E-state index in [1.807, 2.05) is 12.1 Å². The maximum Gasteiger partial charge on any atom is 0.243 e. The van der Waals surface area contributed by atoms with Crippen molar-refractivity contribution in [2.75, 3.05) is 13.1 Å². The molecule has 0 aliphatic carbocycles. The Balaban J connectivity index is 2.21. The van der Waals surface area contributed by atoms with Gasteiger partial charge in [0.25, 0.3) is 0 Å². The van der Waals surface area contributed by atoms with Crippen LogP contribution in [0.3, 0.4) is 0 Å². The van der Waals surface area contributed by atoms with Gasteiger partial charge in [-0.15, -0.1) is 0 Å². The third-order valence-corrected chi connectivity index (χ3v) is 5.73. The lowest BCUT2D eigenvalue weighted by Crippen LogP contribution is -2.33. The number of rotatable bonds is 9. The van der Waals surface area contributed by atoms with Crippen molar-refractivity contribution in [2.24, 2.45) is 0 Å². The lowest BCUT2D eigenvalue weighted by atomic mass is 10.2. The fourth-order valence-electron chi connectivity index (χ4n) is 2.40. The van der Waals surface area contributed by atoms with Gasteiger partial charge in [0, 0.05) is 18.7 Å². The van der Waals surface area contributed by atoms with Crippen molar-refractivity contribution in [1.82, 2.24) is 4.31 Å². The Labute approximate surface area is 139 Å². The number of benzene rings is 1. The summed E-state index contributed by atoms with van der Waals surface area (Å²) in [6.45, 7) is 5.31. The van der Waals surface area contributed by atoms with E-state index in [0.29, 0.717) is 18.0 Å². The van der Waals surface area contributed by atoms with Crippen LogP contribution < -0.4 is 0 Å². The molecule has 2 aromatic rings. The van der Waals surface area contributed by atoms with Crippen molar-refractivity contribution < 1.29 is 12.8 Å². The highest BCUT2D eigenvalue weighted by Crippen LogP contribution is 2.23. The third-order valence-electron chi connectivity index (χ3n) is 3.82. The maximum atomic E-state index is 12.8. The summed E-state index contributed by atoms with van der Waals surface area (Å²) in [6, 6.07) is 10.6. The van der Waals surface area contributed by atoms with Crippen molar-refractivity contribution in [3.8, 4) is 11.3 Å². The first kappa shape index (κ1) is 17.8. The van der Waals surface area contributed by atoms with E-state index in [0.717, 1.165) is 37.0 Å².